The fourth-order valence-electron chi connectivity index (χ4n) is 1.56. The van der Waals surface area contributed by atoms with E-state index in [1.807, 2.05) is 0 Å². The molecule has 1 atom stereocenters. The molecule has 0 bridgehead atoms. The number of hydrogen-bond donors (Lipinski definition) is 3. The number of amides is 2. The quantitative estimate of drug-likeness (QED) is 0.721. The predicted molar refractivity (Wildman–Crippen MR) is 69.5 cm³/mol. The number of carbonyl (C=O) groups excluding carboxylic acids is 1. The van der Waals surface area contributed by atoms with Gasteiger partial charge in [0.25, 0.3) is 0 Å². The van der Waals surface area contributed by atoms with Crippen LogP contribution in [0.2, 0.25) is 0 Å². The van der Waals surface area contributed by atoms with Crippen molar-refractivity contribution in [3.63, 3.8) is 0 Å². The van der Waals surface area contributed by atoms with Crippen molar-refractivity contribution in [3.8, 4) is 0 Å². The highest BCUT2D eigenvalue weighted by molar-refractivity contribution is 5.74. The zero-order valence-corrected chi connectivity index (χ0v) is 11.0. The van der Waals surface area contributed by atoms with E-state index < -0.39 is 18.1 Å². The van der Waals surface area contributed by atoms with Gasteiger partial charge >= 0.3 is 12.0 Å². The molecule has 0 aromatic heterocycles. The first kappa shape index (κ1) is 15.9. The molecule has 1 rings (SSSR count). The summed E-state index contributed by atoms with van der Waals surface area (Å²) in [4.78, 5) is 23.4. The molecule has 0 spiro atoms. The number of benzene rings is 1. The first-order valence-electron chi connectivity index (χ1n) is 6.04. The van der Waals surface area contributed by atoms with E-state index >= 15 is 0 Å². The Morgan fingerprint density at radius 3 is 2.75 bits per heavy atom. The van der Waals surface area contributed by atoms with Gasteiger partial charge in [-0.2, -0.15) is 0 Å². The fourth-order valence-corrected chi connectivity index (χ4v) is 1.56. The van der Waals surface area contributed by atoms with Crippen molar-refractivity contribution in [1.82, 2.24) is 10.2 Å². The highest BCUT2D eigenvalue weighted by atomic mass is 19.1. The summed E-state index contributed by atoms with van der Waals surface area (Å²) in [5, 5.41) is 20.0. The Balaban J connectivity index is 2.38. The number of urea groups is 1. The lowest BCUT2D eigenvalue weighted by atomic mass is 10.2. The lowest BCUT2D eigenvalue weighted by Crippen LogP contribution is -2.38. The molecule has 7 heteroatoms. The summed E-state index contributed by atoms with van der Waals surface area (Å²) >= 11 is 0. The van der Waals surface area contributed by atoms with Crippen LogP contribution in [0.1, 0.15) is 12.0 Å². The van der Waals surface area contributed by atoms with Gasteiger partial charge in [0.05, 0.1) is 0 Å². The number of aliphatic carboxylic acids is 1. The number of rotatable bonds is 6. The maximum atomic E-state index is 13.0. The molecule has 1 aromatic carbocycles. The van der Waals surface area contributed by atoms with Crippen molar-refractivity contribution >= 4 is 12.0 Å². The van der Waals surface area contributed by atoms with E-state index in [1.54, 1.807) is 12.1 Å². The van der Waals surface area contributed by atoms with Crippen LogP contribution in [0.25, 0.3) is 0 Å². The number of carboxylic acid groups (broad SMARTS) is 1. The van der Waals surface area contributed by atoms with E-state index in [9.17, 15) is 14.0 Å². The maximum absolute atomic E-state index is 13.0. The van der Waals surface area contributed by atoms with E-state index in [4.69, 9.17) is 10.2 Å². The molecule has 110 valence electrons. The first-order valence-corrected chi connectivity index (χ1v) is 6.04. The monoisotopic (exact) mass is 284 g/mol. The summed E-state index contributed by atoms with van der Waals surface area (Å²) in [6, 6.07) is 5.47. The number of carbonyl (C=O) groups is 2. The smallest absolute Gasteiger partial charge is 0.332 e. The Hall–Kier alpha value is -2.15. The molecule has 0 unspecified atom stereocenters. The van der Waals surface area contributed by atoms with Crippen LogP contribution < -0.4 is 5.32 Å². The van der Waals surface area contributed by atoms with Crippen LogP contribution in [0.4, 0.5) is 9.18 Å². The molecular weight excluding hydrogens is 267 g/mol. The van der Waals surface area contributed by atoms with Gasteiger partial charge in [0.2, 0.25) is 0 Å². The molecule has 0 aliphatic carbocycles. The van der Waals surface area contributed by atoms with Crippen LogP contribution in [0.5, 0.6) is 0 Å². The van der Waals surface area contributed by atoms with Crippen molar-refractivity contribution in [2.45, 2.75) is 19.1 Å². The molecule has 0 saturated carbocycles. The predicted octanol–water partition coefficient (Wildman–Crippen LogP) is 0.803. The fraction of sp³-hybridized carbons (Fsp3) is 0.385. The Labute approximate surface area is 115 Å². The van der Waals surface area contributed by atoms with Gasteiger partial charge in [-0.25, -0.2) is 14.0 Å². The third-order valence-electron chi connectivity index (χ3n) is 2.63. The SMILES string of the molecule is CN(Cc1cccc(F)c1)C(=O)NCC[C@H](O)C(=O)O. The number of aliphatic hydroxyl groups excluding tert-OH is 1. The largest absolute Gasteiger partial charge is 0.479 e. The van der Waals surface area contributed by atoms with Gasteiger partial charge in [-0.05, 0) is 17.7 Å². The Morgan fingerprint density at radius 1 is 1.45 bits per heavy atom. The number of nitrogens with one attached hydrogen (secondary N) is 1. The highest BCUT2D eigenvalue weighted by Gasteiger charge is 2.14. The minimum atomic E-state index is -1.50. The van der Waals surface area contributed by atoms with Crippen molar-refractivity contribution in [2.24, 2.45) is 0 Å². The van der Waals surface area contributed by atoms with Crippen LogP contribution in [0.15, 0.2) is 24.3 Å². The van der Waals surface area contributed by atoms with Gasteiger partial charge in [-0.15, -0.1) is 0 Å². The molecule has 0 fully saturated rings. The molecule has 0 aliphatic heterocycles. The molecule has 0 heterocycles. The summed E-state index contributed by atoms with van der Waals surface area (Å²) in [7, 11) is 1.54. The van der Waals surface area contributed by atoms with E-state index in [1.165, 1.54) is 24.1 Å². The summed E-state index contributed by atoms with van der Waals surface area (Å²) in [6.45, 7) is 0.269. The number of carboxylic acids is 1. The highest BCUT2D eigenvalue weighted by Crippen LogP contribution is 2.06. The molecule has 0 saturated heterocycles. The third kappa shape index (κ3) is 5.23. The zero-order chi connectivity index (χ0) is 15.1. The number of hydrogen-bond acceptors (Lipinski definition) is 3. The standard InChI is InChI=1S/C13H17FN2O4/c1-16(8-9-3-2-4-10(14)7-9)13(20)15-6-5-11(17)12(18)19/h2-4,7,11,17H,5-6,8H2,1H3,(H,15,20)(H,18,19)/t11-/m0/s1. The van der Waals surface area contributed by atoms with Crippen LogP contribution in [-0.2, 0) is 11.3 Å². The molecule has 3 N–H and O–H groups in total. The summed E-state index contributed by atoms with van der Waals surface area (Å²) in [6.07, 6.45) is -1.57. The second kappa shape index (κ2) is 7.44. The third-order valence-corrected chi connectivity index (χ3v) is 2.63. The average Bonchev–Trinajstić information content (AvgIpc) is 2.38. The number of aliphatic hydroxyl groups is 1. The minimum Gasteiger partial charge on any atom is -0.479 e. The van der Waals surface area contributed by atoms with E-state index in [0.29, 0.717) is 5.56 Å². The first-order chi connectivity index (χ1) is 9.40. The minimum absolute atomic E-state index is 0.0415. The van der Waals surface area contributed by atoms with Gasteiger partial charge in [-0.1, -0.05) is 12.1 Å². The van der Waals surface area contributed by atoms with Crippen LogP contribution in [-0.4, -0.2) is 46.8 Å². The van der Waals surface area contributed by atoms with Gasteiger partial charge in [0, 0.05) is 26.6 Å². The number of halogens is 1. The number of nitrogens with zero attached hydrogens (tertiary/aromatic N) is 1. The van der Waals surface area contributed by atoms with Crippen LogP contribution >= 0.6 is 0 Å². The maximum Gasteiger partial charge on any atom is 0.332 e. The molecule has 0 radical (unpaired) electrons. The topological polar surface area (TPSA) is 89.9 Å². The van der Waals surface area contributed by atoms with E-state index in [-0.39, 0.29) is 25.3 Å². The zero-order valence-electron chi connectivity index (χ0n) is 11.0. The van der Waals surface area contributed by atoms with Gasteiger partial charge in [0.15, 0.2) is 6.10 Å². The van der Waals surface area contributed by atoms with Crippen molar-refractivity contribution in [3.05, 3.63) is 35.6 Å². The Bertz CT molecular complexity index is 481. The molecule has 2 amide bonds. The molecule has 20 heavy (non-hydrogen) atoms. The molecule has 6 nitrogen and oxygen atoms in total. The Kier molecular flexibility index (Phi) is 5.92. The van der Waals surface area contributed by atoms with Crippen molar-refractivity contribution < 1.29 is 24.2 Å². The van der Waals surface area contributed by atoms with Crippen molar-refractivity contribution in [1.29, 1.82) is 0 Å². The molecular formula is C13H17FN2O4. The van der Waals surface area contributed by atoms with Gasteiger partial charge < -0.3 is 20.4 Å². The van der Waals surface area contributed by atoms with Gasteiger partial charge in [0.1, 0.15) is 5.82 Å². The lowest BCUT2D eigenvalue weighted by Gasteiger charge is -2.18. The summed E-state index contributed by atoms with van der Waals surface area (Å²) < 4.78 is 13.0. The second-order valence-corrected chi connectivity index (χ2v) is 4.36. The van der Waals surface area contributed by atoms with Crippen molar-refractivity contribution in [2.75, 3.05) is 13.6 Å². The molecule has 1 aromatic rings. The Morgan fingerprint density at radius 2 is 2.15 bits per heavy atom. The van der Waals surface area contributed by atoms with Crippen LogP contribution in [0.3, 0.4) is 0 Å². The van der Waals surface area contributed by atoms with Gasteiger partial charge in [-0.3, -0.25) is 0 Å². The summed E-state index contributed by atoms with van der Waals surface area (Å²) in [5.74, 6) is -1.70. The molecule has 0 aliphatic rings. The lowest BCUT2D eigenvalue weighted by molar-refractivity contribution is -0.146. The summed E-state index contributed by atoms with van der Waals surface area (Å²) in [5.41, 5.74) is 0.647. The van der Waals surface area contributed by atoms with E-state index in [2.05, 4.69) is 5.32 Å². The van der Waals surface area contributed by atoms with Crippen LogP contribution in [0, 0.1) is 5.82 Å². The normalized spacial score (nSPS) is 11.8. The second-order valence-electron chi connectivity index (χ2n) is 4.36. The average molecular weight is 284 g/mol. The van der Waals surface area contributed by atoms with E-state index in [0.717, 1.165) is 0 Å².